The number of Topliss-reactive ketones (excluding diaryl/α,β-unsaturated/α-hetero) is 1. The lowest BCUT2D eigenvalue weighted by molar-refractivity contribution is -0.112. The smallest absolute Gasteiger partial charge is 0.185 e. The van der Waals surface area contributed by atoms with Crippen LogP contribution in [-0.2, 0) is 14.3 Å². The third-order valence-corrected chi connectivity index (χ3v) is 6.76. The minimum absolute atomic E-state index is 0.127. The second kappa shape index (κ2) is 11.7. The molecule has 1 aliphatic carbocycles. The first-order chi connectivity index (χ1) is 17.2. The molecule has 5 heteroatoms. The molecule has 35 heavy (non-hydrogen) atoms. The molecule has 3 aliphatic rings. The number of hydrogen-bond acceptors (Lipinski definition) is 5. The van der Waals surface area contributed by atoms with Crippen LogP contribution in [0, 0.1) is 0 Å². The van der Waals surface area contributed by atoms with Crippen molar-refractivity contribution in [1.29, 1.82) is 0 Å². The highest BCUT2D eigenvalue weighted by atomic mass is 16.5. The lowest BCUT2D eigenvalue weighted by atomic mass is 9.87. The van der Waals surface area contributed by atoms with Crippen molar-refractivity contribution < 1.29 is 23.7 Å². The van der Waals surface area contributed by atoms with Crippen LogP contribution in [-0.4, -0.2) is 44.4 Å². The van der Waals surface area contributed by atoms with E-state index in [1.807, 2.05) is 60.7 Å². The molecule has 0 bridgehead atoms. The zero-order valence-corrected chi connectivity index (χ0v) is 20.2. The molecule has 0 N–H and O–H groups in total. The molecule has 2 saturated heterocycles. The molecule has 0 aromatic heterocycles. The number of allylic oxidation sites excluding steroid dienone is 2. The molecule has 0 spiro atoms. The van der Waals surface area contributed by atoms with Gasteiger partial charge in [0.2, 0.25) is 0 Å². The Kier molecular flexibility index (Phi) is 7.96. The summed E-state index contributed by atoms with van der Waals surface area (Å²) in [6, 6.07) is 16.0. The second-order valence-electron chi connectivity index (χ2n) is 9.57. The first-order valence-corrected chi connectivity index (χ1v) is 12.9. The van der Waals surface area contributed by atoms with Gasteiger partial charge in [0, 0.05) is 24.4 Å². The van der Waals surface area contributed by atoms with Gasteiger partial charge in [0.05, 0.1) is 13.2 Å². The predicted octanol–water partition coefficient (Wildman–Crippen LogP) is 6.02. The Hall–Kier alpha value is -2.89. The van der Waals surface area contributed by atoms with Crippen molar-refractivity contribution in [2.75, 3.05) is 26.4 Å². The van der Waals surface area contributed by atoms with Gasteiger partial charge in [-0.15, -0.1) is 0 Å². The molecule has 5 rings (SSSR count). The number of carbonyl (C=O) groups is 1. The van der Waals surface area contributed by atoms with E-state index in [0.29, 0.717) is 13.2 Å². The van der Waals surface area contributed by atoms with Crippen molar-refractivity contribution in [1.82, 2.24) is 0 Å². The van der Waals surface area contributed by atoms with Gasteiger partial charge in [-0.05, 0) is 92.5 Å². The lowest BCUT2D eigenvalue weighted by Gasteiger charge is -2.23. The summed E-state index contributed by atoms with van der Waals surface area (Å²) in [5.41, 5.74) is 3.79. The van der Waals surface area contributed by atoms with Crippen LogP contribution >= 0.6 is 0 Å². The lowest BCUT2D eigenvalue weighted by Crippen LogP contribution is -2.27. The first kappa shape index (κ1) is 23.8. The van der Waals surface area contributed by atoms with Crippen molar-refractivity contribution in [2.45, 2.75) is 57.2 Å². The molecule has 0 amide bonds. The van der Waals surface area contributed by atoms with E-state index in [2.05, 4.69) is 0 Å². The van der Waals surface area contributed by atoms with Crippen molar-refractivity contribution in [3.05, 3.63) is 70.8 Å². The number of carbonyl (C=O) groups excluding carboxylic acids is 1. The highest BCUT2D eigenvalue weighted by molar-refractivity contribution is 6.13. The fourth-order valence-electron chi connectivity index (χ4n) is 4.86. The Bertz CT molecular complexity index is 956. The summed E-state index contributed by atoms with van der Waals surface area (Å²) in [6.07, 6.45) is 11.0. The van der Waals surface area contributed by atoms with Crippen LogP contribution in [0.2, 0.25) is 0 Å². The van der Waals surface area contributed by atoms with Gasteiger partial charge in [0.25, 0.3) is 0 Å². The average Bonchev–Trinajstić information content (AvgIpc) is 2.90. The molecule has 3 fully saturated rings. The molecule has 2 aliphatic heterocycles. The molecule has 2 aromatic carbocycles. The van der Waals surface area contributed by atoms with E-state index in [1.54, 1.807) is 0 Å². The highest BCUT2D eigenvalue weighted by Crippen LogP contribution is 2.29. The van der Waals surface area contributed by atoms with Gasteiger partial charge in [0.1, 0.15) is 23.7 Å². The topological polar surface area (TPSA) is 54.0 Å². The monoisotopic (exact) mass is 474 g/mol. The first-order valence-electron chi connectivity index (χ1n) is 12.9. The summed E-state index contributed by atoms with van der Waals surface area (Å²) in [4.78, 5) is 13.2. The third-order valence-electron chi connectivity index (χ3n) is 6.76. The van der Waals surface area contributed by atoms with Crippen molar-refractivity contribution in [3.63, 3.8) is 0 Å². The van der Waals surface area contributed by atoms with Crippen LogP contribution in [0.15, 0.2) is 59.7 Å². The molecule has 0 radical (unpaired) electrons. The molecule has 2 atom stereocenters. The van der Waals surface area contributed by atoms with E-state index in [-0.39, 0.29) is 18.0 Å². The van der Waals surface area contributed by atoms with Crippen molar-refractivity contribution >= 4 is 17.9 Å². The van der Waals surface area contributed by atoms with E-state index in [4.69, 9.17) is 18.9 Å². The predicted molar refractivity (Wildman–Crippen MR) is 137 cm³/mol. The van der Waals surface area contributed by atoms with E-state index in [1.165, 1.54) is 0 Å². The van der Waals surface area contributed by atoms with Crippen molar-refractivity contribution in [3.8, 4) is 11.5 Å². The van der Waals surface area contributed by atoms with Crippen LogP contribution in [0.5, 0.6) is 11.5 Å². The Morgan fingerprint density at radius 2 is 1.11 bits per heavy atom. The number of rotatable bonds is 6. The van der Waals surface area contributed by atoms with Gasteiger partial charge < -0.3 is 18.9 Å². The van der Waals surface area contributed by atoms with Crippen molar-refractivity contribution in [2.24, 2.45) is 0 Å². The molecule has 2 aromatic rings. The van der Waals surface area contributed by atoms with E-state index in [0.717, 1.165) is 91.9 Å². The number of ether oxygens (including phenoxy) is 4. The minimum atomic E-state index is 0.127. The van der Waals surface area contributed by atoms with Crippen LogP contribution in [0.3, 0.4) is 0 Å². The fourth-order valence-corrected chi connectivity index (χ4v) is 4.86. The summed E-state index contributed by atoms with van der Waals surface area (Å²) in [6.45, 7) is 2.96. The van der Waals surface area contributed by atoms with Crippen LogP contribution in [0.1, 0.15) is 56.1 Å². The highest BCUT2D eigenvalue weighted by Gasteiger charge is 2.21. The standard InChI is InChI=1S/C30H34O5/c31-30-24(18-22-8-12-26(13-9-22)34-28-6-2-16-32-20-28)4-1-5-25(30)19-23-10-14-27(15-11-23)35-29-7-3-17-33-21-29/h8-15,18-19,28-29H,1-7,16-17,20-21H2/b24-18+,25-19+. The normalized spacial score (nSPS) is 25.5. The maximum absolute atomic E-state index is 13.2. The molecule has 2 heterocycles. The van der Waals surface area contributed by atoms with Crippen LogP contribution in [0.25, 0.3) is 12.2 Å². The van der Waals surface area contributed by atoms with E-state index >= 15 is 0 Å². The second-order valence-corrected chi connectivity index (χ2v) is 9.57. The largest absolute Gasteiger partial charge is 0.488 e. The SMILES string of the molecule is O=C1/C(=C/c2ccc(OC3CCCOC3)cc2)CCC/C1=C\c1ccc(OC2CCCOC2)cc1. The molecule has 184 valence electrons. The summed E-state index contributed by atoms with van der Waals surface area (Å²) in [5.74, 6) is 1.85. The Labute approximate surface area is 207 Å². The molecular formula is C30H34O5. The third kappa shape index (κ3) is 6.62. The van der Waals surface area contributed by atoms with Gasteiger partial charge >= 0.3 is 0 Å². The number of ketones is 1. The maximum atomic E-state index is 13.2. The van der Waals surface area contributed by atoms with Crippen LogP contribution < -0.4 is 9.47 Å². The summed E-state index contributed by atoms with van der Waals surface area (Å²) in [7, 11) is 0. The molecule has 5 nitrogen and oxygen atoms in total. The van der Waals surface area contributed by atoms with Gasteiger partial charge in [-0.3, -0.25) is 4.79 Å². The van der Waals surface area contributed by atoms with Gasteiger partial charge in [-0.1, -0.05) is 24.3 Å². The maximum Gasteiger partial charge on any atom is 0.185 e. The molecular weight excluding hydrogens is 440 g/mol. The summed E-state index contributed by atoms with van der Waals surface area (Å²) in [5, 5.41) is 0. The Morgan fingerprint density at radius 3 is 1.51 bits per heavy atom. The van der Waals surface area contributed by atoms with E-state index < -0.39 is 0 Å². The zero-order chi connectivity index (χ0) is 23.9. The Balaban J connectivity index is 1.21. The van der Waals surface area contributed by atoms with Gasteiger partial charge in [-0.2, -0.15) is 0 Å². The average molecular weight is 475 g/mol. The van der Waals surface area contributed by atoms with E-state index in [9.17, 15) is 4.79 Å². The van der Waals surface area contributed by atoms with Gasteiger partial charge in [0.15, 0.2) is 5.78 Å². The summed E-state index contributed by atoms with van der Waals surface area (Å²) >= 11 is 0. The number of benzene rings is 2. The minimum Gasteiger partial charge on any atom is -0.488 e. The quantitative estimate of drug-likeness (QED) is 0.479. The molecule has 2 unspecified atom stereocenters. The zero-order valence-electron chi connectivity index (χ0n) is 20.2. The fraction of sp³-hybridized carbons (Fsp3) is 0.433. The number of hydrogen-bond donors (Lipinski definition) is 0. The summed E-state index contributed by atoms with van der Waals surface area (Å²) < 4.78 is 23.0. The molecule has 1 saturated carbocycles. The van der Waals surface area contributed by atoms with Crippen LogP contribution in [0.4, 0.5) is 0 Å². The Morgan fingerprint density at radius 1 is 0.657 bits per heavy atom. The van der Waals surface area contributed by atoms with Gasteiger partial charge in [-0.25, -0.2) is 0 Å².